The van der Waals surface area contributed by atoms with Crippen molar-refractivity contribution in [3.8, 4) is 6.07 Å². The Balaban J connectivity index is 1.49. The Morgan fingerprint density at radius 1 is 1.26 bits per heavy atom. The minimum atomic E-state index is -1.12. The van der Waals surface area contributed by atoms with E-state index in [4.69, 9.17) is 9.68 Å². The van der Waals surface area contributed by atoms with Gasteiger partial charge in [0.05, 0.1) is 24.1 Å². The molecule has 4 rings (SSSR count). The zero-order valence-corrected chi connectivity index (χ0v) is 14.3. The first-order valence-electron chi connectivity index (χ1n) is 8.80. The van der Waals surface area contributed by atoms with E-state index in [1.165, 1.54) is 0 Å². The third-order valence-electron chi connectivity index (χ3n) is 5.43. The topological polar surface area (TPSA) is 90.1 Å². The molecule has 2 heterocycles. The molecule has 1 saturated carbocycles. The fraction of sp³-hybridized carbons (Fsp3) is 0.368. The number of nitrogens with one attached hydrogen (secondary N) is 3. The van der Waals surface area contributed by atoms with Gasteiger partial charge in [-0.25, -0.2) is 14.2 Å². The van der Waals surface area contributed by atoms with Gasteiger partial charge in [0.2, 0.25) is 0 Å². The van der Waals surface area contributed by atoms with Gasteiger partial charge < -0.3 is 9.73 Å². The largest absolute Gasteiger partial charge is 0.472 e. The molecule has 1 aliphatic heterocycles. The van der Waals surface area contributed by atoms with Crippen molar-refractivity contribution in [3.63, 3.8) is 0 Å². The second-order valence-corrected chi connectivity index (χ2v) is 6.97. The lowest BCUT2D eigenvalue weighted by Crippen LogP contribution is -2.44. The van der Waals surface area contributed by atoms with Crippen LogP contribution in [0.2, 0.25) is 0 Å². The van der Waals surface area contributed by atoms with Gasteiger partial charge in [-0.05, 0) is 43.4 Å². The van der Waals surface area contributed by atoms with E-state index in [2.05, 4.69) is 16.2 Å². The average Bonchev–Trinajstić information content (AvgIpc) is 3.31. The van der Waals surface area contributed by atoms with Crippen LogP contribution in [-0.4, -0.2) is 18.0 Å². The molecule has 4 atom stereocenters. The lowest BCUT2D eigenvalue weighted by molar-refractivity contribution is 0.0906. The summed E-state index contributed by atoms with van der Waals surface area (Å²) >= 11 is 0. The predicted molar refractivity (Wildman–Crippen MR) is 91.2 cm³/mol. The number of amides is 1. The van der Waals surface area contributed by atoms with Crippen LogP contribution >= 0.6 is 0 Å². The van der Waals surface area contributed by atoms with Crippen molar-refractivity contribution in [2.24, 2.45) is 5.92 Å². The number of rotatable bonds is 3. The molecular formula is C19H18F2N4O2. The van der Waals surface area contributed by atoms with Crippen LogP contribution in [-0.2, 0) is 0 Å². The number of furan rings is 1. The molecule has 140 valence electrons. The Hall–Kier alpha value is -2.76. The summed E-state index contributed by atoms with van der Waals surface area (Å²) in [6.45, 7) is 0. The van der Waals surface area contributed by atoms with Crippen molar-refractivity contribution < 1.29 is 18.0 Å². The van der Waals surface area contributed by atoms with Gasteiger partial charge in [-0.1, -0.05) is 0 Å². The second kappa shape index (κ2) is 7.10. The van der Waals surface area contributed by atoms with Crippen molar-refractivity contribution in [2.45, 2.75) is 37.4 Å². The third-order valence-corrected chi connectivity index (χ3v) is 5.43. The highest BCUT2D eigenvalue weighted by atomic mass is 19.1. The summed E-state index contributed by atoms with van der Waals surface area (Å²) in [7, 11) is 0. The molecule has 0 spiro atoms. The lowest BCUT2D eigenvalue weighted by atomic mass is 9.77. The minimum absolute atomic E-state index is 0.0452. The van der Waals surface area contributed by atoms with E-state index >= 15 is 0 Å². The Kier molecular flexibility index (Phi) is 4.64. The first kappa shape index (κ1) is 17.6. The van der Waals surface area contributed by atoms with Crippen molar-refractivity contribution in [1.82, 2.24) is 16.2 Å². The number of hydrazine groups is 1. The molecule has 2 aliphatic rings. The van der Waals surface area contributed by atoms with Gasteiger partial charge >= 0.3 is 0 Å². The molecule has 8 heteroatoms. The van der Waals surface area contributed by atoms with E-state index in [9.17, 15) is 13.6 Å². The number of carbonyl (C=O) groups excluding carboxylic acids is 1. The van der Waals surface area contributed by atoms with Crippen molar-refractivity contribution >= 4 is 5.91 Å². The van der Waals surface area contributed by atoms with Gasteiger partial charge in [0.25, 0.3) is 5.91 Å². The molecule has 1 amide bonds. The Labute approximate surface area is 154 Å². The summed E-state index contributed by atoms with van der Waals surface area (Å²) in [5, 5.41) is 11.6. The molecule has 0 radical (unpaired) electrons. The van der Waals surface area contributed by atoms with E-state index in [0.29, 0.717) is 12.8 Å². The number of hydrogen-bond donors (Lipinski definition) is 3. The quantitative estimate of drug-likeness (QED) is 0.770. The molecule has 2 aromatic rings. The standard InChI is InChI=1S/C19H18F2N4O2/c20-14-3-1-10(8-22)17(21)16(14)19(26)23-12-2-4-15-13(7-12)18(25-24-15)11-5-6-27-9-11/h1,3,5-6,9,12-13,15,18,24-25H,2,4,7H2,(H,23,26). The van der Waals surface area contributed by atoms with Crippen molar-refractivity contribution in [3.05, 3.63) is 59.1 Å². The van der Waals surface area contributed by atoms with E-state index in [1.807, 2.05) is 6.07 Å². The Morgan fingerprint density at radius 2 is 2.11 bits per heavy atom. The van der Waals surface area contributed by atoms with Crippen LogP contribution in [0.25, 0.3) is 0 Å². The fourth-order valence-electron chi connectivity index (χ4n) is 4.08. The molecule has 4 unspecified atom stereocenters. The number of hydrogen-bond acceptors (Lipinski definition) is 5. The SMILES string of the molecule is N#Cc1ccc(F)c(C(=O)NC2CCC3NNC(c4ccoc4)C3C2)c1F. The molecule has 1 aliphatic carbocycles. The Morgan fingerprint density at radius 3 is 2.85 bits per heavy atom. The maximum Gasteiger partial charge on any atom is 0.257 e. The van der Waals surface area contributed by atoms with Crippen LogP contribution < -0.4 is 16.2 Å². The van der Waals surface area contributed by atoms with Crippen LogP contribution in [0.4, 0.5) is 8.78 Å². The third kappa shape index (κ3) is 3.20. The highest BCUT2D eigenvalue weighted by molar-refractivity contribution is 5.95. The van der Waals surface area contributed by atoms with E-state index in [-0.39, 0.29) is 29.6 Å². The van der Waals surface area contributed by atoms with Crippen molar-refractivity contribution in [2.75, 3.05) is 0 Å². The number of nitriles is 1. The predicted octanol–water partition coefficient (Wildman–Crippen LogP) is 2.55. The molecule has 1 aromatic carbocycles. The molecule has 3 N–H and O–H groups in total. The van der Waals surface area contributed by atoms with E-state index in [1.54, 1.807) is 18.6 Å². The van der Waals surface area contributed by atoms with Crippen LogP contribution in [0.15, 0.2) is 35.1 Å². The summed E-state index contributed by atoms with van der Waals surface area (Å²) in [6.07, 6.45) is 5.47. The number of carbonyl (C=O) groups is 1. The average molecular weight is 372 g/mol. The molecule has 0 bridgehead atoms. The normalized spacial score (nSPS) is 27.0. The second-order valence-electron chi connectivity index (χ2n) is 6.97. The van der Waals surface area contributed by atoms with Gasteiger partial charge in [0, 0.05) is 17.6 Å². The zero-order chi connectivity index (χ0) is 19.0. The number of halogens is 2. The maximum atomic E-state index is 14.2. The molecule has 1 saturated heterocycles. The van der Waals surface area contributed by atoms with Crippen LogP contribution in [0, 0.1) is 28.9 Å². The number of benzene rings is 1. The van der Waals surface area contributed by atoms with E-state index in [0.717, 1.165) is 24.1 Å². The Bertz CT molecular complexity index is 894. The lowest BCUT2D eigenvalue weighted by Gasteiger charge is -2.33. The number of fused-ring (bicyclic) bond motifs is 1. The van der Waals surface area contributed by atoms with Gasteiger partial charge in [-0.15, -0.1) is 0 Å². The molecule has 6 nitrogen and oxygen atoms in total. The molecule has 1 aromatic heterocycles. The van der Waals surface area contributed by atoms with Crippen LogP contribution in [0.3, 0.4) is 0 Å². The van der Waals surface area contributed by atoms with Gasteiger partial charge in [-0.3, -0.25) is 10.2 Å². The van der Waals surface area contributed by atoms with Gasteiger partial charge in [0.15, 0.2) is 5.82 Å². The maximum absolute atomic E-state index is 14.2. The smallest absolute Gasteiger partial charge is 0.257 e. The summed E-state index contributed by atoms with van der Waals surface area (Å²) < 4.78 is 33.4. The summed E-state index contributed by atoms with van der Waals surface area (Å²) in [4.78, 5) is 12.5. The molecular weight excluding hydrogens is 354 g/mol. The first-order valence-corrected chi connectivity index (χ1v) is 8.80. The molecule has 2 fully saturated rings. The monoisotopic (exact) mass is 372 g/mol. The van der Waals surface area contributed by atoms with E-state index < -0.39 is 23.1 Å². The zero-order valence-electron chi connectivity index (χ0n) is 14.3. The fourth-order valence-corrected chi connectivity index (χ4v) is 4.08. The van der Waals surface area contributed by atoms with Gasteiger partial charge in [0.1, 0.15) is 17.4 Å². The number of nitrogens with zero attached hydrogens (tertiary/aromatic N) is 1. The van der Waals surface area contributed by atoms with Crippen molar-refractivity contribution in [1.29, 1.82) is 5.26 Å². The van der Waals surface area contributed by atoms with Gasteiger partial charge in [-0.2, -0.15) is 5.26 Å². The summed E-state index contributed by atoms with van der Waals surface area (Å²) in [5.74, 6) is -2.71. The van der Waals surface area contributed by atoms with Crippen LogP contribution in [0.1, 0.15) is 46.8 Å². The van der Waals surface area contributed by atoms with Crippen LogP contribution in [0.5, 0.6) is 0 Å². The highest BCUT2D eigenvalue weighted by Gasteiger charge is 2.41. The summed E-state index contributed by atoms with van der Waals surface area (Å²) in [6, 6.07) is 5.57. The minimum Gasteiger partial charge on any atom is -0.472 e. The first-order chi connectivity index (χ1) is 13.1. The highest BCUT2D eigenvalue weighted by Crippen LogP contribution is 2.38. The summed E-state index contributed by atoms with van der Waals surface area (Å²) in [5.41, 5.74) is 6.50. The molecule has 27 heavy (non-hydrogen) atoms.